The van der Waals surface area contributed by atoms with Crippen molar-refractivity contribution in [2.45, 2.75) is 33.1 Å². The van der Waals surface area contributed by atoms with Crippen LogP contribution in [0.4, 0.5) is 11.5 Å². The molecule has 0 aliphatic carbocycles. The summed E-state index contributed by atoms with van der Waals surface area (Å²) in [4.78, 5) is 18.6. The molecular weight excluding hydrogens is 266 g/mol. The molecular formula is C16H25N3O2. The van der Waals surface area contributed by atoms with Gasteiger partial charge in [0.05, 0.1) is 5.69 Å². The predicted octanol–water partition coefficient (Wildman–Crippen LogP) is 2.27. The van der Waals surface area contributed by atoms with E-state index in [4.69, 9.17) is 0 Å². The maximum Gasteiger partial charge on any atom is 0.224 e. The highest BCUT2D eigenvalue weighted by atomic mass is 16.3. The van der Waals surface area contributed by atoms with Gasteiger partial charge in [-0.25, -0.2) is 4.98 Å². The number of rotatable bonds is 5. The van der Waals surface area contributed by atoms with Gasteiger partial charge in [0.15, 0.2) is 5.82 Å². The normalized spacial score (nSPS) is 16.3. The minimum atomic E-state index is 0.0319. The van der Waals surface area contributed by atoms with Crippen LogP contribution in [-0.2, 0) is 4.79 Å². The molecule has 1 fully saturated rings. The molecule has 1 aromatic rings. The van der Waals surface area contributed by atoms with E-state index >= 15 is 0 Å². The summed E-state index contributed by atoms with van der Waals surface area (Å²) in [5.74, 6) is 1.60. The quantitative estimate of drug-likeness (QED) is 0.873. The number of amides is 1. The molecule has 0 atom stereocenters. The topological polar surface area (TPSA) is 65.5 Å². The van der Waals surface area contributed by atoms with Crippen LogP contribution < -0.4 is 10.2 Å². The van der Waals surface area contributed by atoms with Gasteiger partial charge in [-0.1, -0.05) is 13.8 Å². The van der Waals surface area contributed by atoms with E-state index in [-0.39, 0.29) is 12.5 Å². The highest BCUT2D eigenvalue weighted by Crippen LogP contribution is 2.27. The third-order valence-electron chi connectivity index (χ3n) is 3.83. The first-order valence-electron chi connectivity index (χ1n) is 7.70. The van der Waals surface area contributed by atoms with Crippen LogP contribution in [0, 0.1) is 11.8 Å². The standard InChI is InChI=1S/C16H25N3O2/c1-12(2)10-15(21)18-14-4-3-7-17-16(14)19-8-5-13(11-20)6-9-19/h3-4,7,12-13,20H,5-6,8-11H2,1-2H3,(H,18,21). The van der Waals surface area contributed by atoms with Gasteiger partial charge in [-0.2, -0.15) is 0 Å². The molecule has 2 N–H and O–H groups in total. The van der Waals surface area contributed by atoms with Gasteiger partial charge in [0, 0.05) is 32.3 Å². The summed E-state index contributed by atoms with van der Waals surface area (Å²) < 4.78 is 0. The summed E-state index contributed by atoms with van der Waals surface area (Å²) in [6.07, 6.45) is 4.20. The SMILES string of the molecule is CC(C)CC(=O)Nc1cccnc1N1CCC(CO)CC1. The van der Waals surface area contributed by atoms with E-state index in [0.29, 0.717) is 18.3 Å². The number of piperidine rings is 1. The zero-order chi connectivity index (χ0) is 15.2. The number of carbonyl (C=O) groups excluding carboxylic acids is 1. The minimum absolute atomic E-state index is 0.0319. The van der Waals surface area contributed by atoms with Crippen LogP contribution in [0.5, 0.6) is 0 Å². The highest BCUT2D eigenvalue weighted by Gasteiger charge is 2.21. The summed E-state index contributed by atoms with van der Waals surface area (Å²) in [6, 6.07) is 3.74. The zero-order valence-corrected chi connectivity index (χ0v) is 12.9. The van der Waals surface area contributed by atoms with E-state index in [1.54, 1.807) is 6.20 Å². The summed E-state index contributed by atoms with van der Waals surface area (Å²) in [6.45, 7) is 6.06. The Morgan fingerprint density at radius 1 is 1.48 bits per heavy atom. The predicted molar refractivity (Wildman–Crippen MR) is 84.3 cm³/mol. The second-order valence-corrected chi connectivity index (χ2v) is 6.13. The molecule has 2 heterocycles. The Bertz CT molecular complexity index is 468. The van der Waals surface area contributed by atoms with E-state index in [9.17, 15) is 9.90 Å². The lowest BCUT2D eigenvalue weighted by molar-refractivity contribution is -0.116. The van der Waals surface area contributed by atoms with Crippen molar-refractivity contribution in [2.24, 2.45) is 11.8 Å². The molecule has 5 nitrogen and oxygen atoms in total. The number of carbonyl (C=O) groups is 1. The van der Waals surface area contributed by atoms with Gasteiger partial charge in [0.25, 0.3) is 0 Å². The number of nitrogens with zero attached hydrogens (tertiary/aromatic N) is 2. The van der Waals surface area contributed by atoms with Gasteiger partial charge in [0.1, 0.15) is 0 Å². The van der Waals surface area contributed by atoms with Crippen molar-refractivity contribution in [2.75, 3.05) is 29.9 Å². The number of aromatic nitrogens is 1. The van der Waals surface area contributed by atoms with Crippen LogP contribution >= 0.6 is 0 Å². The van der Waals surface area contributed by atoms with Crippen molar-refractivity contribution < 1.29 is 9.90 Å². The molecule has 2 rings (SSSR count). The Morgan fingerprint density at radius 2 is 2.19 bits per heavy atom. The molecule has 0 unspecified atom stereocenters. The summed E-state index contributed by atoms with van der Waals surface area (Å²) in [5.41, 5.74) is 0.783. The maximum atomic E-state index is 12.0. The van der Waals surface area contributed by atoms with Gasteiger partial charge in [0.2, 0.25) is 5.91 Å². The first-order valence-corrected chi connectivity index (χ1v) is 7.70. The first-order chi connectivity index (χ1) is 10.1. The van der Waals surface area contributed by atoms with Crippen LogP contribution in [-0.4, -0.2) is 35.7 Å². The van der Waals surface area contributed by atoms with E-state index < -0.39 is 0 Å². The molecule has 0 radical (unpaired) electrons. The molecule has 0 spiro atoms. The van der Waals surface area contributed by atoms with Crippen LogP contribution in [0.1, 0.15) is 33.1 Å². The number of hydrogen-bond donors (Lipinski definition) is 2. The summed E-state index contributed by atoms with van der Waals surface area (Å²) in [7, 11) is 0. The fourth-order valence-electron chi connectivity index (χ4n) is 2.65. The fraction of sp³-hybridized carbons (Fsp3) is 0.625. The Morgan fingerprint density at radius 3 is 2.81 bits per heavy atom. The van der Waals surface area contributed by atoms with Crippen LogP contribution in [0.3, 0.4) is 0 Å². The van der Waals surface area contributed by atoms with E-state index in [1.165, 1.54) is 0 Å². The van der Waals surface area contributed by atoms with E-state index in [0.717, 1.165) is 37.4 Å². The van der Waals surface area contributed by atoms with E-state index in [2.05, 4.69) is 15.2 Å². The van der Waals surface area contributed by atoms with Crippen molar-refractivity contribution >= 4 is 17.4 Å². The molecule has 21 heavy (non-hydrogen) atoms. The number of aliphatic hydroxyl groups is 1. The number of pyridine rings is 1. The lowest BCUT2D eigenvalue weighted by Gasteiger charge is -2.33. The Balaban J connectivity index is 2.05. The molecule has 1 aliphatic rings. The van der Waals surface area contributed by atoms with Crippen LogP contribution in [0.2, 0.25) is 0 Å². The van der Waals surface area contributed by atoms with Gasteiger partial charge in [-0.15, -0.1) is 0 Å². The molecule has 0 bridgehead atoms. The van der Waals surface area contributed by atoms with Crippen molar-refractivity contribution in [1.29, 1.82) is 0 Å². The third kappa shape index (κ3) is 4.43. The van der Waals surface area contributed by atoms with Gasteiger partial charge < -0.3 is 15.3 Å². The molecule has 5 heteroatoms. The van der Waals surface area contributed by atoms with Crippen molar-refractivity contribution in [3.8, 4) is 0 Å². The fourth-order valence-corrected chi connectivity index (χ4v) is 2.65. The molecule has 1 aromatic heterocycles. The van der Waals surface area contributed by atoms with Crippen molar-refractivity contribution in [3.05, 3.63) is 18.3 Å². The monoisotopic (exact) mass is 291 g/mol. The summed E-state index contributed by atoms with van der Waals surface area (Å²) >= 11 is 0. The molecule has 0 saturated carbocycles. The van der Waals surface area contributed by atoms with Crippen LogP contribution in [0.15, 0.2) is 18.3 Å². The molecule has 0 aromatic carbocycles. The lowest BCUT2D eigenvalue weighted by Crippen LogP contribution is -2.36. The van der Waals surface area contributed by atoms with Crippen molar-refractivity contribution in [3.63, 3.8) is 0 Å². The van der Waals surface area contributed by atoms with Gasteiger partial charge in [-0.05, 0) is 36.8 Å². The zero-order valence-electron chi connectivity index (χ0n) is 12.9. The lowest BCUT2D eigenvalue weighted by atomic mass is 9.98. The second-order valence-electron chi connectivity index (χ2n) is 6.13. The Kier molecular flexibility index (Phi) is 5.56. The smallest absolute Gasteiger partial charge is 0.224 e. The van der Waals surface area contributed by atoms with Crippen LogP contribution in [0.25, 0.3) is 0 Å². The third-order valence-corrected chi connectivity index (χ3v) is 3.83. The average Bonchev–Trinajstić information content (AvgIpc) is 2.47. The highest BCUT2D eigenvalue weighted by molar-refractivity contribution is 5.93. The first kappa shape index (κ1) is 15.8. The molecule has 116 valence electrons. The minimum Gasteiger partial charge on any atom is -0.396 e. The number of nitrogens with one attached hydrogen (secondary N) is 1. The average molecular weight is 291 g/mol. The maximum absolute atomic E-state index is 12.0. The Hall–Kier alpha value is -1.62. The second kappa shape index (κ2) is 7.41. The van der Waals surface area contributed by atoms with E-state index in [1.807, 2.05) is 26.0 Å². The summed E-state index contributed by atoms with van der Waals surface area (Å²) in [5, 5.41) is 12.2. The van der Waals surface area contributed by atoms with Gasteiger partial charge >= 0.3 is 0 Å². The van der Waals surface area contributed by atoms with Crippen molar-refractivity contribution in [1.82, 2.24) is 4.98 Å². The molecule has 1 saturated heterocycles. The van der Waals surface area contributed by atoms with Gasteiger partial charge in [-0.3, -0.25) is 4.79 Å². The Labute approximate surface area is 126 Å². The molecule has 1 amide bonds. The number of hydrogen-bond acceptors (Lipinski definition) is 4. The number of anilines is 2. The molecule has 1 aliphatic heterocycles. The number of aliphatic hydroxyl groups excluding tert-OH is 1. The largest absolute Gasteiger partial charge is 0.396 e.